The van der Waals surface area contributed by atoms with Crippen LogP contribution in [-0.2, 0) is 6.61 Å². The van der Waals surface area contributed by atoms with Gasteiger partial charge in [0.25, 0.3) is 0 Å². The monoisotopic (exact) mass is 290 g/mol. The van der Waals surface area contributed by atoms with E-state index in [0.29, 0.717) is 17.9 Å². The van der Waals surface area contributed by atoms with Gasteiger partial charge in [-0.2, -0.15) is 0 Å². The molecule has 0 fully saturated rings. The van der Waals surface area contributed by atoms with Crippen molar-refractivity contribution in [3.05, 3.63) is 59.4 Å². The molecule has 0 bridgehead atoms. The molecule has 0 amide bonds. The third kappa shape index (κ3) is 3.95. The lowest BCUT2D eigenvalue weighted by Gasteiger charge is -2.08. The van der Waals surface area contributed by atoms with Crippen LogP contribution in [0.5, 0.6) is 11.5 Å². The van der Waals surface area contributed by atoms with Gasteiger partial charge < -0.3 is 14.6 Å². The van der Waals surface area contributed by atoms with Crippen molar-refractivity contribution < 1.29 is 23.8 Å². The highest BCUT2D eigenvalue weighted by Crippen LogP contribution is 2.19. The number of carboxylic acid groups (broad SMARTS) is 1. The molecule has 0 aliphatic carbocycles. The van der Waals surface area contributed by atoms with Crippen LogP contribution in [0, 0.1) is 5.82 Å². The van der Waals surface area contributed by atoms with Gasteiger partial charge in [0.2, 0.25) is 0 Å². The van der Waals surface area contributed by atoms with Crippen molar-refractivity contribution in [1.29, 1.82) is 0 Å². The predicted octanol–water partition coefficient (Wildman–Crippen LogP) is 3.50. The molecule has 5 heteroatoms. The summed E-state index contributed by atoms with van der Waals surface area (Å²) in [4.78, 5) is 10.9. The Morgan fingerprint density at radius 2 is 1.71 bits per heavy atom. The van der Waals surface area contributed by atoms with Gasteiger partial charge in [-0.25, -0.2) is 9.18 Å². The van der Waals surface area contributed by atoms with Crippen LogP contribution in [0.1, 0.15) is 22.8 Å². The molecule has 0 saturated heterocycles. The molecule has 110 valence electrons. The van der Waals surface area contributed by atoms with E-state index >= 15 is 0 Å². The van der Waals surface area contributed by atoms with Gasteiger partial charge in [-0.1, -0.05) is 6.07 Å². The summed E-state index contributed by atoms with van der Waals surface area (Å²) in [5.74, 6) is -0.679. The fourth-order valence-electron chi connectivity index (χ4n) is 1.79. The van der Waals surface area contributed by atoms with Crippen LogP contribution < -0.4 is 9.47 Å². The number of hydrogen-bond acceptors (Lipinski definition) is 3. The second kappa shape index (κ2) is 6.74. The minimum absolute atomic E-state index is 0.161. The van der Waals surface area contributed by atoms with Crippen molar-refractivity contribution in [1.82, 2.24) is 0 Å². The van der Waals surface area contributed by atoms with Gasteiger partial charge in [-0.3, -0.25) is 0 Å². The molecule has 0 heterocycles. The molecule has 4 nitrogen and oxygen atoms in total. The predicted molar refractivity (Wildman–Crippen MR) is 75.3 cm³/mol. The molecular weight excluding hydrogens is 275 g/mol. The summed E-state index contributed by atoms with van der Waals surface area (Å²) in [5, 5.41) is 8.86. The Kier molecular flexibility index (Phi) is 4.77. The largest absolute Gasteiger partial charge is 0.494 e. The van der Waals surface area contributed by atoms with E-state index in [1.165, 1.54) is 12.1 Å². The van der Waals surface area contributed by atoms with E-state index < -0.39 is 11.8 Å². The molecule has 2 aromatic carbocycles. The number of aromatic carboxylic acids is 1. The van der Waals surface area contributed by atoms with Crippen LogP contribution in [0.25, 0.3) is 0 Å². The number of carboxylic acids is 1. The Morgan fingerprint density at radius 1 is 1.10 bits per heavy atom. The second-order valence-corrected chi connectivity index (χ2v) is 4.31. The summed E-state index contributed by atoms with van der Waals surface area (Å²) in [6.45, 7) is 2.65. The molecular formula is C16H15FO4. The van der Waals surface area contributed by atoms with Crippen molar-refractivity contribution in [3.63, 3.8) is 0 Å². The highest BCUT2D eigenvalue weighted by molar-refractivity contribution is 5.88. The minimum atomic E-state index is -1.30. The average molecular weight is 290 g/mol. The van der Waals surface area contributed by atoms with Gasteiger partial charge in [-0.05, 0) is 48.9 Å². The maximum atomic E-state index is 13.3. The molecule has 2 rings (SSSR count). The highest BCUT2D eigenvalue weighted by Gasteiger charge is 2.10. The van der Waals surface area contributed by atoms with Crippen molar-refractivity contribution in [3.8, 4) is 11.5 Å². The van der Waals surface area contributed by atoms with E-state index in [1.54, 1.807) is 24.3 Å². The van der Waals surface area contributed by atoms with Gasteiger partial charge in [0.1, 0.15) is 23.9 Å². The normalized spacial score (nSPS) is 10.2. The second-order valence-electron chi connectivity index (χ2n) is 4.31. The van der Waals surface area contributed by atoms with Crippen LogP contribution >= 0.6 is 0 Å². The van der Waals surface area contributed by atoms with Gasteiger partial charge in [0.15, 0.2) is 0 Å². The molecule has 0 spiro atoms. The zero-order valence-corrected chi connectivity index (χ0v) is 11.5. The lowest BCUT2D eigenvalue weighted by atomic mass is 10.1. The summed E-state index contributed by atoms with van der Waals surface area (Å²) in [5.41, 5.74) is 0.227. The Morgan fingerprint density at radius 3 is 2.29 bits per heavy atom. The molecule has 0 aromatic heterocycles. The van der Waals surface area contributed by atoms with Gasteiger partial charge in [0.05, 0.1) is 12.2 Å². The first-order valence-corrected chi connectivity index (χ1v) is 6.47. The molecule has 1 N–H and O–H groups in total. The highest BCUT2D eigenvalue weighted by atomic mass is 19.1. The van der Waals surface area contributed by atoms with Crippen LogP contribution in [0.4, 0.5) is 4.39 Å². The summed E-state index contributed by atoms with van der Waals surface area (Å²) in [6, 6.07) is 11.0. The third-order valence-corrected chi connectivity index (χ3v) is 2.80. The Labute approximate surface area is 121 Å². The van der Waals surface area contributed by atoms with E-state index in [1.807, 2.05) is 6.92 Å². The van der Waals surface area contributed by atoms with Crippen LogP contribution in [0.3, 0.4) is 0 Å². The number of rotatable bonds is 6. The van der Waals surface area contributed by atoms with Crippen LogP contribution in [0.15, 0.2) is 42.5 Å². The van der Waals surface area contributed by atoms with E-state index in [4.69, 9.17) is 14.6 Å². The Balaban J connectivity index is 2.02. The molecule has 0 aliphatic rings. The van der Waals surface area contributed by atoms with Crippen LogP contribution in [-0.4, -0.2) is 17.7 Å². The SMILES string of the molecule is CCOc1ccc(OCc2ccc(F)c(C(=O)O)c2)cc1. The quantitative estimate of drug-likeness (QED) is 0.884. The Bertz CT molecular complexity index is 623. The third-order valence-electron chi connectivity index (χ3n) is 2.80. The topological polar surface area (TPSA) is 55.8 Å². The van der Waals surface area contributed by atoms with Crippen molar-refractivity contribution in [2.45, 2.75) is 13.5 Å². The summed E-state index contributed by atoms with van der Waals surface area (Å²) in [6.07, 6.45) is 0. The van der Waals surface area contributed by atoms with Crippen molar-refractivity contribution in [2.75, 3.05) is 6.61 Å². The number of halogens is 1. The number of ether oxygens (including phenoxy) is 2. The minimum Gasteiger partial charge on any atom is -0.494 e. The molecule has 0 aliphatic heterocycles. The van der Waals surface area contributed by atoms with E-state index in [-0.39, 0.29) is 12.2 Å². The molecule has 2 aromatic rings. The average Bonchev–Trinajstić information content (AvgIpc) is 2.48. The maximum absolute atomic E-state index is 13.3. The molecule has 0 saturated carbocycles. The zero-order chi connectivity index (χ0) is 15.2. The zero-order valence-electron chi connectivity index (χ0n) is 11.5. The summed E-state index contributed by atoms with van der Waals surface area (Å²) < 4.78 is 24.1. The molecule has 0 radical (unpaired) electrons. The lowest BCUT2D eigenvalue weighted by Crippen LogP contribution is -2.03. The number of hydrogen-bond donors (Lipinski definition) is 1. The first-order valence-electron chi connectivity index (χ1n) is 6.47. The van der Waals surface area contributed by atoms with E-state index in [0.717, 1.165) is 11.8 Å². The fourth-order valence-corrected chi connectivity index (χ4v) is 1.79. The summed E-state index contributed by atoms with van der Waals surface area (Å²) >= 11 is 0. The summed E-state index contributed by atoms with van der Waals surface area (Å²) in [7, 11) is 0. The Hall–Kier alpha value is -2.56. The van der Waals surface area contributed by atoms with Gasteiger partial charge in [0, 0.05) is 0 Å². The molecule has 0 unspecified atom stereocenters. The van der Waals surface area contributed by atoms with Crippen molar-refractivity contribution >= 4 is 5.97 Å². The first kappa shape index (κ1) is 14.8. The van der Waals surface area contributed by atoms with Crippen molar-refractivity contribution in [2.24, 2.45) is 0 Å². The van der Waals surface area contributed by atoms with Gasteiger partial charge >= 0.3 is 5.97 Å². The van der Waals surface area contributed by atoms with Crippen LogP contribution in [0.2, 0.25) is 0 Å². The lowest BCUT2D eigenvalue weighted by molar-refractivity contribution is 0.0691. The number of benzene rings is 2. The standard InChI is InChI=1S/C16H15FO4/c1-2-20-12-4-6-13(7-5-12)21-10-11-3-8-15(17)14(9-11)16(18)19/h3-9H,2,10H2,1H3,(H,18,19). The molecule has 21 heavy (non-hydrogen) atoms. The smallest absolute Gasteiger partial charge is 0.338 e. The molecule has 0 atom stereocenters. The van der Waals surface area contributed by atoms with E-state index in [9.17, 15) is 9.18 Å². The van der Waals surface area contributed by atoms with Gasteiger partial charge in [-0.15, -0.1) is 0 Å². The first-order chi connectivity index (χ1) is 10.1. The van der Waals surface area contributed by atoms with E-state index in [2.05, 4.69) is 0 Å². The fraction of sp³-hybridized carbons (Fsp3) is 0.188. The number of carbonyl (C=O) groups is 1. The maximum Gasteiger partial charge on any atom is 0.338 e.